The van der Waals surface area contributed by atoms with Crippen LogP contribution in [0.4, 0.5) is 13.2 Å². The molecule has 1 fully saturated rings. The number of esters is 1. The van der Waals surface area contributed by atoms with Crippen molar-refractivity contribution in [3.8, 4) is 22.8 Å². The monoisotopic (exact) mass is 736 g/mol. The van der Waals surface area contributed by atoms with Crippen LogP contribution < -0.4 is 14.8 Å². The molecule has 1 aromatic heterocycles. The Labute approximate surface area is 291 Å². The summed E-state index contributed by atoms with van der Waals surface area (Å²) in [5, 5.41) is 3.88. The van der Waals surface area contributed by atoms with E-state index in [-0.39, 0.29) is 12.2 Å². The molecule has 3 aromatic carbocycles. The summed E-state index contributed by atoms with van der Waals surface area (Å²) < 4.78 is 57.2. The predicted octanol–water partition coefficient (Wildman–Crippen LogP) is 9.35. The summed E-state index contributed by atoms with van der Waals surface area (Å²) in [6, 6.07) is 18.8. The molecule has 7 rings (SSSR count). The summed E-state index contributed by atoms with van der Waals surface area (Å²) in [5.41, 5.74) is 1.38. The lowest BCUT2D eigenvalue weighted by molar-refractivity contribution is -0.274. The molecular formula is C38H36BrF3N2O5. The number of amides is 1. The van der Waals surface area contributed by atoms with Gasteiger partial charge in [0.05, 0.1) is 41.4 Å². The number of hydrogen-bond donors (Lipinski definition) is 1. The molecule has 1 N–H and O–H groups in total. The number of methoxy groups -OCH3 is 1. The minimum Gasteiger partial charge on any atom is -0.497 e. The standard InChI is InChI=1S/C38H36BrF3N2O5/c1-4-5-19-48-35(46)36-15-17-37(18-16-36,29(22-36)27-11-6-7-12-31(27)49-38(40,41)42)44-34(45)32-23(2)33(24-9-8-10-26(20-24)47-3)43-30-14-13-25(39)21-28(30)32/h6-14,20-22H,4-5,15-19H2,1-3H3,(H,44,45). The van der Waals surface area contributed by atoms with E-state index < -0.39 is 34.9 Å². The largest absolute Gasteiger partial charge is 0.573 e. The van der Waals surface area contributed by atoms with E-state index in [0.717, 1.165) is 16.5 Å². The Balaban J connectivity index is 1.48. The molecule has 7 nitrogen and oxygen atoms in total. The van der Waals surface area contributed by atoms with Crippen LogP contribution in [0.2, 0.25) is 0 Å². The molecule has 3 aliphatic rings. The van der Waals surface area contributed by atoms with Crippen molar-refractivity contribution in [2.75, 3.05) is 13.7 Å². The number of ether oxygens (including phenoxy) is 3. The number of nitrogens with zero attached hydrogens (tertiary/aromatic N) is 1. The Hall–Kier alpha value is -4.38. The summed E-state index contributed by atoms with van der Waals surface area (Å²) in [6.07, 6.45) is -0.352. The Morgan fingerprint density at radius 3 is 2.47 bits per heavy atom. The molecule has 49 heavy (non-hydrogen) atoms. The van der Waals surface area contributed by atoms with Gasteiger partial charge in [-0.2, -0.15) is 0 Å². The molecule has 0 spiro atoms. The van der Waals surface area contributed by atoms with Crippen molar-refractivity contribution in [2.24, 2.45) is 5.41 Å². The maximum atomic E-state index is 14.7. The van der Waals surface area contributed by atoms with Gasteiger partial charge in [-0.25, -0.2) is 4.98 Å². The van der Waals surface area contributed by atoms with Crippen LogP contribution in [-0.4, -0.2) is 42.5 Å². The SMILES string of the molecule is CCCCOC(=O)C12C=C(c3ccccc3OC(F)(F)F)C(NC(=O)c3c(C)c(-c4cccc(OC)c4)nc4ccc(Br)cc34)(CC1)CC2. The van der Waals surface area contributed by atoms with E-state index in [1.807, 2.05) is 56.3 Å². The second-order valence-electron chi connectivity index (χ2n) is 12.6. The van der Waals surface area contributed by atoms with Crippen LogP contribution >= 0.6 is 15.9 Å². The number of hydrogen-bond acceptors (Lipinski definition) is 6. The van der Waals surface area contributed by atoms with Crippen molar-refractivity contribution in [3.05, 3.63) is 94.0 Å². The molecule has 3 aliphatic carbocycles. The predicted molar refractivity (Wildman–Crippen MR) is 184 cm³/mol. The van der Waals surface area contributed by atoms with Crippen LogP contribution in [0.1, 0.15) is 66.9 Å². The second-order valence-corrected chi connectivity index (χ2v) is 13.6. The molecule has 4 aromatic rings. The van der Waals surface area contributed by atoms with Crippen LogP contribution in [0.15, 0.2) is 77.3 Å². The van der Waals surface area contributed by atoms with E-state index in [4.69, 9.17) is 14.5 Å². The third-order valence-electron chi connectivity index (χ3n) is 9.59. The highest BCUT2D eigenvalue weighted by molar-refractivity contribution is 9.10. The van der Waals surface area contributed by atoms with Crippen molar-refractivity contribution in [1.82, 2.24) is 10.3 Å². The van der Waals surface area contributed by atoms with Gasteiger partial charge in [-0.05, 0) is 86.6 Å². The maximum absolute atomic E-state index is 14.7. The van der Waals surface area contributed by atoms with Gasteiger partial charge in [-0.15, -0.1) is 13.2 Å². The number of nitrogens with one attached hydrogen (secondary N) is 1. The van der Waals surface area contributed by atoms with Gasteiger partial charge in [-0.3, -0.25) is 9.59 Å². The number of benzene rings is 3. The molecule has 1 heterocycles. The minimum absolute atomic E-state index is 0.154. The van der Waals surface area contributed by atoms with Crippen molar-refractivity contribution in [2.45, 2.75) is 64.3 Å². The smallest absolute Gasteiger partial charge is 0.497 e. The van der Waals surface area contributed by atoms with E-state index in [9.17, 15) is 22.8 Å². The normalized spacial score (nSPS) is 20.1. The number of carbonyl (C=O) groups is 2. The van der Waals surface area contributed by atoms with Gasteiger partial charge < -0.3 is 19.5 Å². The Morgan fingerprint density at radius 1 is 1.00 bits per heavy atom. The fourth-order valence-electron chi connectivity index (χ4n) is 7.05. The summed E-state index contributed by atoms with van der Waals surface area (Å²) in [7, 11) is 1.58. The minimum atomic E-state index is -4.95. The van der Waals surface area contributed by atoms with Crippen molar-refractivity contribution in [1.29, 1.82) is 0 Å². The molecule has 256 valence electrons. The first kappa shape index (κ1) is 34.5. The Morgan fingerprint density at radius 2 is 1.76 bits per heavy atom. The van der Waals surface area contributed by atoms with Crippen LogP contribution in [-0.2, 0) is 9.53 Å². The average Bonchev–Trinajstić information content (AvgIpc) is 3.08. The third-order valence-corrected chi connectivity index (χ3v) is 10.1. The zero-order chi connectivity index (χ0) is 35.0. The lowest BCUT2D eigenvalue weighted by Crippen LogP contribution is -2.57. The molecule has 11 heteroatoms. The average molecular weight is 738 g/mol. The van der Waals surface area contributed by atoms with Gasteiger partial charge in [0.1, 0.15) is 11.5 Å². The summed E-state index contributed by atoms with van der Waals surface area (Å²) in [6.45, 7) is 4.08. The van der Waals surface area contributed by atoms with E-state index in [1.165, 1.54) is 18.2 Å². The van der Waals surface area contributed by atoms with Crippen LogP contribution in [0.3, 0.4) is 0 Å². The number of unbranched alkanes of at least 4 members (excludes halogenated alkanes) is 1. The molecule has 2 bridgehead atoms. The molecule has 0 atom stereocenters. The summed E-state index contributed by atoms with van der Waals surface area (Å²) >= 11 is 3.53. The molecule has 1 saturated carbocycles. The van der Waals surface area contributed by atoms with E-state index in [2.05, 4.69) is 26.0 Å². The lowest BCUT2D eigenvalue weighted by atomic mass is 9.57. The Bertz CT molecular complexity index is 1950. The van der Waals surface area contributed by atoms with Crippen LogP contribution in [0, 0.1) is 12.3 Å². The highest BCUT2D eigenvalue weighted by Crippen LogP contribution is 2.56. The van der Waals surface area contributed by atoms with Gasteiger partial charge in [0.15, 0.2) is 0 Å². The number of fused-ring (bicyclic) bond motifs is 3. The van der Waals surface area contributed by atoms with Crippen LogP contribution in [0.5, 0.6) is 11.5 Å². The van der Waals surface area contributed by atoms with Gasteiger partial charge in [0.2, 0.25) is 0 Å². The van der Waals surface area contributed by atoms with Gasteiger partial charge in [-0.1, -0.05) is 65.7 Å². The van der Waals surface area contributed by atoms with Crippen molar-refractivity contribution in [3.63, 3.8) is 0 Å². The quantitative estimate of drug-likeness (QED) is 0.129. The number of alkyl halides is 3. The lowest BCUT2D eigenvalue weighted by Gasteiger charge is -2.51. The fraction of sp³-hybridized carbons (Fsp3) is 0.342. The molecule has 0 radical (unpaired) electrons. The van der Waals surface area contributed by atoms with Gasteiger partial charge in [0, 0.05) is 21.0 Å². The van der Waals surface area contributed by atoms with Crippen molar-refractivity contribution < 1.29 is 37.0 Å². The number of pyridine rings is 1. The first-order chi connectivity index (χ1) is 23.4. The molecule has 1 amide bonds. The first-order valence-electron chi connectivity index (χ1n) is 16.2. The number of halogens is 4. The number of rotatable bonds is 10. The number of carbonyl (C=O) groups excluding carboxylic acids is 2. The van der Waals surface area contributed by atoms with E-state index in [1.54, 1.807) is 19.3 Å². The molecular weight excluding hydrogens is 701 g/mol. The molecule has 0 aliphatic heterocycles. The van der Waals surface area contributed by atoms with Gasteiger partial charge in [0.25, 0.3) is 5.91 Å². The highest BCUT2D eigenvalue weighted by Gasteiger charge is 2.55. The van der Waals surface area contributed by atoms with Gasteiger partial charge >= 0.3 is 12.3 Å². The summed E-state index contributed by atoms with van der Waals surface area (Å²) in [5.74, 6) is -0.593. The molecule has 0 saturated heterocycles. The number of para-hydroxylation sites is 1. The topological polar surface area (TPSA) is 86.8 Å². The van der Waals surface area contributed by atoms with Crippen LogP contribution in [0.25, 0.3) is 27.7 Å². The third kappa shape index (κ3) is 6.77. The zero-order valence-corrected chi connectivity index (χ0v) is 29.0. The maximum Gasteiger partial charge on any atom is 0.573 e. The number of aromatic nitrogens is 1. The second kappa shape index (κ2) is 13.5. The van der Waals surface area contributed by atoms with E-state index >= 15 is 0 Å². The van der Waals surface area contributed by atoms with E-state index in [0.29, 0.717) is 71.2 Å². The first-order valence-corrected chi connectivity index (χ1v) is 17.0. The Kier molecular flexibility index (Phi) is 9.50. The molecule has 0 unspecified atom stereocenters. The zero-order valence-electron chi connectivity index (χ0n) is 27.4. The van der Waals surface area contributed by atoms with Crippen molar-refractivity contribution >= 4 is 44.3 Å². The summed E-state index contributed by atoms with van der Waals surface area (Å²) in [4.78, 5) is 33.2. The fourth-order valence-corrected chi connectivity index (χ4v) is 7.41. The highest BCUT2D eigenvalue weighted by atomic mass is 79.9.